The first kappa shape index (κ1) is 17.2. The van der Waals surface area contributed by atoms with Crippen molar-refractivity contribution in [2.45, 2.75) is 82.5 Å². The van der Waals surface area contributed by atoms with Crippen molar-refractivity contribution in [2.24, 2.45) is 0 Å². The summed E-state index contributed by atoms with van der Waals surface area (Å²) >= 11 is 0. The van der Waals surface area contributed by atoms with Gasteiger partial charge in [-0.05, 0) is 27.7 Å². The van der Waals surface area contributed by atoms with Gasteiger partial charge in [-0.3, -0.25) is 4.79 Å². The first-order chi connectivity index (χ1) is 10.6. The summed E-state index contributed by atoms with van der Waals surface area (Å²) in [4.78, 5) is 11.4. The van der Waals surface area contributed by atoms with Crippen LogP contribution in [0.3, 0.4) is 0 Å². The molecular formula is C15H24O8. The van der Waals surface area contributed by atoms with E-state index < -0.39 is 60.8 Å². The molecular weight excluding hydrogens is 308 g/mol. The molecule has 6 atom stereocenters. The third-order valence-corrected chi connectivity index (χ3v) is 4.18. The highest BCUT2D eigenvalue weighted by molar-refractivity contribution is 5.79. The summed E-state index contributed by atoms with van der Waals surface area (Å²) in [7, 11) is 0. The van der Waals surface area contributed by atoms with Crippen LogP contribution in [0.4, 0.5) is 0 Å². The third kappa shape index (κ3) is 3.30. The second kappa shape index (κ2) is 5.73. The minimum Gasteiger partial charge on any atom is -0.390 e. The summed E-state index contributed by atoms with van der Waals surface area (Å²) in [5.41, 5.74) is 0. The zero-order valence-corrected chi connectivity index (χ0v) is 13.7. The van der Waals surface area contributed by atoms with E-state index in [1.807, 2.05) is 0 Å². The highest BCUT2D eigenvalue weighted by atomic mass is 16.9. The van der Waals surface area contributed by atoms with Crippen molar-refractivity contribution in [1.29, 1.82) is 0 Å². The Morgan fingerprint density at radius 2 is 1.57 bits per heavy atom. The molecule has 3 fully saturated rings. The van der Waals surface area contributed by atoms with E-state index in [1.54, 1.807) is 27.7 Å². The number of fused-ring (bicyclic) bond motifs is 3. The molecule has 8 nitrogen and oxygen atoms in total. The first-order valence-electron chi connectivity index (χ1n) is 7.79. The maximum Gasteiger partial charge on any atom is 0.190 e. The number of hydrogen-bond donors (Lipinski definition) is 2. The first-order valence-corrected chi connectivity index (χ1v) is 7.79. The minimum atomic E-state index is -1.13. The van der Waals surface area contributed by atoms with E-state index in [0.717, 1.165) is 0 Å². The van der Waals surface area contributed by atoms with Gasteiger partial charge >= 0.3 is 0 Å². The van der Waals surface area contributed by atoms with Crippen molar-refractivity contribution in [1.82, 2.24) is 0 Å². The molecule has 0 saturated carbocycles. The van der Waals surface area contributed by atoms with Crippen molar-refractivity contribution >= 4 is 5.78 Å². The van der Waals surface area contributed by atoms with E-state index >= 15 is 0 Å². The molecule has 0 aromatic carbocycles. The molecule has 0 radical (unpaired) electrons. The maximum atomic E-state index is 11.4. The quantitative estimate of drug-likeness (QED) is 0.723. The van der Waals surface area contributed by atoms with E-state index in [9.17, 15) is 9.90 Å². The number of rotatable bonds is 4. The molecule has 0 amide bonds. The van der Waals surface area contributed by atoms with Gasteiger partial charge in [0, 0.05) is 6.42 Å². The van der Waals surface area contributed by atoms with Gasteiger partial charge in [0.15, 0.2) is 23.6 Å². The lowest BCUT2D eigenvalue weighted by atomic mass is 9.93. The van der Waals surface area contributed by atoms with Gasteiger partial charge in [-0.15, -0.1) is 0 Å². The third-order valence-electron chi connectivity index (χ3n) is 4.18. The van der Waals surface area contributed by atoms with Crippen LogP contribution in [0.1, 0.15) is 34.1 Å². The van der Waals surface area contributed by atoms with Gasteiger partial charge < -0.3 is 33.9 Å². The smallest absolute Gasteiger partial charge is 0.190 e. The largest absolute Gasteiger partial charge is 0.390 e. The summed E-state index contributed by atoms with van der Waals surface area (Å²) in [6, 6.07) is 0. The molecule has 0 aliphatic carbocycles. The van der Waals surface area contributed by atoms with Crippen LogP contribution >= 0.6 is 0 Å². The van der Waals surface area contributed by atoms with Crippen LogP contribution in [0, 0.1) is 0 Å². The molecule has 0 spiro atoms. The van der Waals surface area contributed by atoms with Crippen molar-refractivity contribution in [2.75, 3.05) is 6.61 Å². The van der Waals surface area contributed by atoms with E-state index in [2.05, 4.69) is 0 Å². The predicted octanol–water partition coefficient (Wildman–Crippen LogP) is -0.305. The molecule has 8 heteroatoms. The molecule has 0 unspecified atom stereocenters. The van der Waals surface area contributed by atoms with Gasteiger partial charge in [0.2, 0.25) is 0 Å². The van der Waals surface area contributed by atoms with Crippen molar-refractivity contribution in [3.8, 4) is 0 Å². The number of hydrogen-bond acceptors (Lipinski definition) is 8. The fourth-order valence-corrected chi connectivity index (χ4v) is 3.37. The number of Topliss-reactive ketones (excluding diaryl/α,β-unsaturated/α-hetero) is 1. The zero-order valence-electron chi connectivity index (χ0n) is 13.7. The lowest BCUT2D eigenvalue weighted by Crippen LogP contribution is -2.58. The number of ketones is 1. The molecule has 3 aliphatic heterocycles. The Bertz CT molecular complexity index is 476. The van der Waals surface area contributed by atoms with Gasteiger partial charge in [0.25, 0.3) is 0 Å². The molecule has 0 bridgehead atoms. The molecule has 3 aliphatic rings. The summed E-state index contributed by atoms with van der Waals surface area (Å²) < 4.78 is 29.2. The van der Waals surface area contributed by atoms with Gasteiger partial charge in [0.1, 0.15) is 31.0 Å². The van der Waals surface area contributed by atoms with Crippen LogP contribution < -0.4 is 0 Å². The Labute approximate surface area is 134 Å². The van der Waals surface area contributed by atoms with Crippen LogP contribution in [0.2, 0.25) is 0 Å². The monoisotopic (exact) mass is 332 g/mol. The lowest BCUT2D eigenvalue weighted by Gasteiger charge is -2.39. The average Bonchev–Trinajstić information content (AvgIpc) is 2.91. The lowest BCUT2D eigenvalue weighted by molar-refractivity contribution is -0.252. The zero-order chi connectivity index (χ0) is 17.0. The number of carbonyl (C=O) groups is 1. The Hall–Kier alpha value is -0.610. The van der Waals surface area contributed by atoms with E-state index in [4.69, 9.17) is 28.8 Å². The predicted molar refractivity (Wildman–Crippen MR) is 75.2 cm³/mol. The van der Waals surface area contributed by atoms with Gasteiger partial charge in [-0.25, -0.2) is 0 Å². The van der Waals surface area contributed by atoms with Crippen molar-refractivity contribution < 1.29 is 38.7 Å². The number of carbonyl (C=O) groups excluding carboxylic acids is 1. The average molecular weight is 332 g/mol. The van der Waals surface area contributed by atoms with Crippen LogP contribution in [0.5, 0.6) is 0 Å². The topological polar surface area (TPSA) is 104 Å². The van der Waals surface area contributed by atoms with E-state index in [0.29, 0.717) is 0 Å². The summed E-state index contributed by atoms with van der Waals surface area (Å²) in [5.74, 6) is -2.17. The molecule has 3 rings (SSSR count). The highest BCUT2D eigenvalue weighted by Gasteiger charge is 2.61. The summed E-state index contributed by atoms with van der Waals surface area (Å²) in [5, 5.41) is 19.2. The molecule has 132 valence electrons. The fourth-order valence-electron chi connectivity index (χ4n) is 3.37. The summed E-state index contributed by atoms with van der Waals surface area (Å²) in [6.45, 7) is 6.45. The van der Waals surface area contributed by atoms with Crippen LogP contribution in [-0.4, -0.2) is 71.0 Å². The Morgan fingerprint density at radius 1 is 1.00 bits per heavy atom. The van der Waals surface area contributed by atoms with Crippen molar-refractivity contribution in [3.05, 3.63) is 0 Å². The fraction of sp³-hybridized carbons (Fsp3) is 0.933. The van der Waals surface area contributed by atoms with E-state index in [1.165, 1.54) is 0 Å². The molecule has 3 saturated heterocycles. The van der Waals surface area contributed by atoms with Crippen LogP contribution in [0.25, 0.3) is 0 Å². The molecule has 0 aromatic heterocycles. The van der Waals surface area contributed by atoms with E-state index in [-0.39, 0.29) is 6.42 Å². The maximum absolute atomic E-state index is 11.4. The van der Waals surface area contributed by atoms with Gasteiger partial charge in [-0.2, -0.15) is 0 Å². The molecule has 0 aromatic rings. The Kier molecular flexibility index (Phi) is 4.29. The summed E-state index contributed by atoms with van der Waals surface area (Å²) in [6.07, 6.45) is -4.43. The Balaban J connectivity index is 1.82. The van der Waals surface area contributed by atoms with Gasteiger partial charge in [-0.1, -0.05) is 0 Å². The standard InChI is InChI=1S/C15H24O8/c1-14(2)20-10-9(8(18)5-7(17)6-16)19-13-12(11(10)21-14)22-15(3,4)23-13/h8-13,16,18H,5-6H2,1-4H3/t8-,9-,10+,11+,12-,13-/m1/s1. The number of ether oxygens (including phenoxy) is 5. The SMILES string of the molecule is CC1(C)O[C@@H]2[C@H](O1)[C@H]1OC(C)(C)O[C@H]1O[C@@H]2[C@H](O)CC(=O)CO. The molecule has 3 heterocycles. The number of aliphatic hydroxyl groups excluding tert-OH is 2. The van der Waals surface area contributed by atoms with Crippen molar-refractivity contribution in [3.63, 3.8) is 0 Å². The van der Waals surface area contributed by atoms with Crippen LogP contribution in [0.15, 0.2) is 0 Å². The van der Waals surface area contributed by atoms with Gasteiger partial charge in [0.05, 0.1) is 6.10 Å². The van der Waals surface area contributed by atoms with Crippen LogP contribution in [-0.2, 0) is 28.5 Å². The minimum absolute atomic E-state index is 0.226. The number of aliphatic hydroxyl groups is 2. The Morgan fingerprint density at radius 3 is 2.22 bits per heavy atom. The highest BCUT2D eigenvalue weighted by Crippen LogP contribution is 2.44. The molecule has 23 heavy (non-hydrogen) atoms. The normalized spacial score (nSPS) is 42.1. The molecule has 2 N–H and O–H groups in total. The second-order valence-corrected chi connectivity index (χ2v) is 7.10. The second-order valence-electron chi connectivity index (χ2n) is 7.10.